The number of nitrogens with zero attached hydrogens (tertiary/aromatic N) is 5. The molecule has 0 bridgehead atoms. The highest BCUT2D eigenvalue weighted by atomic mass is 19.1. The number of aliphatic carboxylic acids is 1. The first-order chi connectivity index (χ1) is 12.5. The first-order valence-electron chi connectivity index (χ1n) is 7.70. The minimum Gasteiger partial charge on any atom is -0.481 e. The molecule has 1 aromatic carbocycles. The molecule has 3 aromatic rings. The molecule has 134 valence electrons. The molecule has 0 fully saturated rings. The molecule has 0 aliphatic rings. The summed E-state index contributed by atoms with van der Waals surface area (Å²) >= 11 is 0. The van der Waals surface area contributed by atoms with Gasteiger partial charge in [-0.05, 0) is 23.8 Å². The summed E-state index contributed by atoms with van der Waals surface area (Å²) in [6.45, 7) is 0.556. The van der Waals surface area contributed by atoms with Gasteiger partial charge in [-0.15, -0.1) is 5.10 Å². The van der Waals surface area contributed by atoms with Crippen LogP contribution in [-0.2, 0) is 17.9 Å². The third-order valence-electron chi connectivity index (χ3n) is 3.45. The zero-order valence-electron chi connectivity index (χ0n) is 13.5. The highest BCUT2D eigenvalue weighted by Crippen LogP contribution is 2.07. The molecule has 3 rings (SSSR count). The van der Waals surface area contributed by atoms with Crippen LogP contribution in [0.1, 0.15) is 22.5 Å². The van der Waals surface area contributed by atoms with Crippen molar-refractivity contribution in [2.24, 2.45) is 0 Å². The molecule has 10 heteroatoms. The van der Waals surface area contributed by atoms with Gasteiger partial charge in [-0.1, -0.05) is 12.1 Å². The molecule has 0 saturated carbocycles. The summed E-state index contributed by atoms with van der Waals surface area (Å²) in [7, 11) is 0. The molecule has 0 spiro atoms. The summed E-state index contributed by atoms with van der Waals surface area (Å²) in [5.74, 6) is -1.65. The summed E-state index contributed by atoms with van der Waals surface area (Å²) in [6.07, 6.45) is 2.89. The molecule has 0 atom stereocenters. The van der Waals surface area contributed by atoms with E-state index in [9.17, 15) is 14.0 Å². The minimum absolute atomic E-state index is 0.0852. The maximum absolute atomic E-state index is 12.9. The zero-order valence-corrected chi connectivity index (χ0v) is 13.5. The predicted octanol–water partition coefficient (Wildman–Crippen LogP) is 1.39. The lowest BCUT2D eigenvalue weighted by molar-refractivity contribution is -0.137. The van der Waals surface area contributed by atoms with Crippen molar-refractivity contribution in [3.63, 3.8) is 0 Å². The number of aromatic nitrogens is 5. The average molecular weight is 358 g/mol. The van der Waals surface area contributed by atoms with E-state index in [1.165, 1.54) is 40.1 Å². The number of hydrogen-bond donors (Lipinski definition) is 2. The number of benzene rings is 1. The number of anilines is 1. The molecule has 2 heterocycles. The molecule has 1 amide bonds. The molecule has 0 radical (unpaired) electrons. The van der Waals surface area contributed by atoms with E-state index in [0.29, 0.717) is 6.54 Å². The van der Waals surface area contributed by atoms with Gasteiger partial charge >= 0.3 is 5.97 Å². The van der Waals surface area contributed by atoms with E-state index < -0.39 is 11.9 Å². The molecule has 26 heavy (non-hydrogen) atoms. The molecule has 0 aliphatic heterocycles. The van der Waals surface area contributed by atoms with Crippen molar-refractivity contribution >= 4 is 17.8 Å². The molecule has 2 N–H and O–H groups in total. The van der Waals surface area contributed by atoms with E-state index in [1.54, 1.807) is 12.1 Å². The number of carboxylic acids is 1. The Kier molecular flexibility index (Phi) is 5.02. The van der Waals surface area contributed by atoms with Gasteiger partial charge in [-0.2, -0.15) is 5.10 Å². The van der Waals surface area contributed by atoms with Crippen molar-refractivity contribution in [2.45, 2.75) is 19.5 Å². The van der Waals surface area contributed by atoms with Crippen molar-refractivity contribution < 1.29 is 19.1 Å². The van der Waals surface area contributed by atoms with Crippen LogP contribution in [0.3, 0.4) is 0 Å². The fraction of sp³-hybridized carbons (Fsp3) is 0.188. The quantitative estimate of drug-likeness (QED) is 0.659. The second-order valence-electron chi connectivity index (χ2n) is 5.45. The van der Waals surface area contributed by atoms with Gasteiger partial charge in [0.25, 0.3) is 5.91 Å². The predicted molar refractivity (Wildman–Crippen MR) is 88.0 cm³/mol. The maximum Gasteiger partial charge on any atom is 0.305 e. The topological polar surface area (TPSA) is 115 Å². The van der Waals surface area contributed by atoms with E-state index in [2.05, 4.69) is 20.5 Å². The number of halogens is 1. The van der Waals surface area contributed by atoms with Gasteiger partial charge in [0.05, 0.1) is 19.5 Å². The largest absolute Gasteiger partial charge is 0.481 e. The number of nitrogens with one attached hydrogen (secondary N) is 1. The number of amides is 1. The van der Waals surface area contributed by atoms with Gasteiger partial charge < -0.3 is 5.11 Å². The highest BCUT2D eigenvalue weighted by Gasteiger charge is 2.13. The Morgan fingerprint density at radius 3 is 2.62 bits per heavy atom. The lowest BCUT2D eigenvalue weighted by Gasteiger charge is -2.01. The van der Waals surface area contributed by atoms with E-state index in [4.69, 9.17) is 5.11 Å². The number of aryl methyl sites for hydroxylation is 1. The Bertz CT molecular complexity index is 918. The van der Waals surface area contributed by atoms with Crippen LogP contribution in [0.15, 0.2) is 42.9 Å². The maximum atomic E-state index is 12.9. The summed E-state index contributed by atoms with van der Waals surface area (Å²) in [6, 6.07) is 7.47. The van der Waals surface area contributed by atoms with Crippen molar-refractivity contribution in [2.75, 3.05) is 5.32 Å². The smallest absolute Gasteiger partial charge is 0.305 e. The Labute approximate surface area is 147 Å². The van der Waals surface area contributed by atoms with Crippen LogP contribution >= 0.6 is 0 Å². The normalized spacial score (nSPS) is 10.7. The van der Waals surface area contributed by atoms with Crippen LogP contribution in [0.25, 0.3) is 0 Å². The SMILES string of the molecule is O=C(O)CCn1ccc(C(=O)Nc2ncn(Cc3ccc(F)cc3)n2)n1. The van der Waals surface area contributed by atoms with Crippen LogP contribution in [-0.4, -0.2) is 41.5 Å². The van der Waals surface area contributed by atoms with Gasteiger partial charge in [0, 0.05) is 6.20 Å². The first kappa shape index (κ1) is 17.3. The minimum atomic E-state index is -0.942. The zero-order chi connectivity index (χ0) is 18.5. The van der Waals surface area contributed by atoms with Gasteiger partial charge in [-0.3, -0.25) is 19.6 Å². The Hall–Kier alpha value is -3.56. The van der Waals surface area contributed by atoms with Crippen molar-refractivity contribution in [3.8, 4) is 0 Å². The molecule has 0 saturated heterocycles. The van der Waals surface area contributed by atoms with E-state index in [1.807, 2.05) is 0 Å². The first-order valence-corrected chi connectivity index (χ1v) is 7.70. The van der Waals surface area contributed by atoms with Gasteiger partial charge in [-0.25, -0.2) is 14.1 Å². The highest BCUT2D eigenvalue weighted by molar-refractivity contribution is 6.01. The van der Waals surface area contributed by atoms with Gasteiger partial charge in [0.1, 0.15) is 12.1 Å². The number of carboxylic acid groups (broad SMARTS) is 1. The van der Waals surface area contributed by atoms with Crippen LogP contribution in [0, 0.1) is 5.82 Å². The Morgan fingerprint density at radius 2 is 1.88 bits per heavy atom. The monoisotopic (exact) mass is 358 g/mol. The fourth-order valence-electron chi connectivity index (χ4n) is 2.19. The van der Waals surface area contributed by atoms with Crippen molar-refractivity contribution in [1.82, 2.24) is 24.5 Å². The van der Waals surface area contributed by atoms with E-state index in [0.717, 1.165) is 5.56 Å². The van der Waals surface area contributed by atoms with Gasteiger partial charge in [0.2, 0.25) is 5.95 Å². The summed E-state index contributed by atoms with van der Waals surface area (Å²) in [5, 5.41) is 19.3. The lowest BCUT2D eigenvalue weighted by atomic mass is 10.2. The third-order valence-corrected chi connectivity index (χ3v) is 3.45. The molecule has 9 nitrogen and oxygen atoms in total. The molecular weight excluding hydrogens is 343 g/mol. The Morgan fingerprint density at radius 1 is 1.12 bits per heavy atom. The van der Waals surface area contributed by atoms with Gasteiger partial charge in [0.15, 0.2) is 5.69 Å². The summed E-state index contributed by atoms with van der Waals surface area (Å²) in [5.41, 5.74) is 0.969. The second kappa shape index (κ2) is 7.55. The van der Waals surface area contributed by atoms with E-state index >= 15 is 0 Å². The number of hydrogen-bond acceptors (Lipinski definition) is 5. The van der Waals surface area contributed by atoms with Crippen LogP contribution < -0.4 is 5.32 Å². The number of carbonyl (C=O) groups is 2. The fourth-order valence-corrected chi connectivity index (χ4v) is 2.19. The molecular formula is C16H15FN6O3. The summed E-state index contributed by atoms with van der Waals surface area (Å²) in [4.78, 5) is 26.7. The number of rotatable bonds is 7. The van der Waals surface area contributed by atoms with E-state index in [-0.39, 0.29) is 30.4 Å². The third kappa shape index (κ3) is 4.50. The number of carbonyl (C=O) groups excluding carboxylic acids is 1. The Balaban J connectivity index is 1.59. The standard InChI is InChI=1S/C16H15FN6O3/c17-12-3-1-11(2-4-12)9-23-10-18-16(21-23)19-15(26)13-5-7-22(20-13)8-6-14(24)25/h1-5,7,10H,6,8-9H2,(H,24,25)(H,19,21,26). The van der Waals surface area contributed by atoms with Crippen LogP contribution in [0.5, 0.6) is 0 Å². The summed E-state index contributed by atoms with van der Waals surface area (Å²) < 4.78 is 15.8. The lowest BCUT2D eigenvalue weighted by Crippen LogP contribution is -2.15. The van der Waals surface area contributed by atoms with Crippen molar-refractivity contribution in [1.29, 1.82) is 0 Å². The van der Waals surface area contributed by atoms with Crippen molar-refractivity contribution in [3.05, 3.63) is 59.9 Å². The average Bonchev–Trinajstić information content (AvgIpc) is 3.24. The molecule has 0 aliphatic carbocycles. The van der Waals surface area contributed by atoms with Crippen LogP contribution in [0.2, 0.25) is 0 Å². The molecule has 0 unspecified atom stereocenters. The van der Waals surface area contributed by atoms with Crippen LogP contribution in [0.4, 0.5) is 10.3 Å². The second-order valence-corrected chi connectivity index (χ2v) is 5.45. The molecule has 2 aromatic heterocycles.